The number of alkyl halides is 2. The van der Waals surface area contributed by atoms with Gasteiger partial charge in [0.15, 0.2) is 0 Å². The number of aliphatic carboxylic acids is 1. The van der Waals surface area contributed by atoms with Crippen LogP contribution in [0.3, 0.4) is 0 Å². The molecule has 0 spiro atoms. The van der Waals surface area contributed by atoms with Crippen molar-refractivity contribution in [1.29, 1.82) is 0 Å². The van der Waals surface area contributed by atoms with Crippen molar-refractivity contribution in [2.45, 2.75) is 44.6 Å². The highest BCUT2D eigenvalue weighted by Gasteiger charge is 2.27. The van der Waals surface area contributed by atoms with E-state index in [1.54, 1.807) is 0 Å². The van der Waals surface area contributed by atoms with E-state index < -0.39 is 24.9 Å². The third-order valence-corrected chi connectivity index (χ3v) is 3.11. The summed E-state index contributed by atoms with van der Waals surface area (Å²) >= 11 is 0. The minimum absolute atomic E-state index is 0.0148. The Bertz CT molecular complexity index is 312. The molecule has 0 saturated heterocycles. The zero-order valence-electron chi connectivity index (χ0n) is 10.6. The van der Waals surface area contributed by atoms with E-state index in [0.29, 0.717) is 12.8 Å². The summed E-state index contributed by atoms with van der Waals surface area (Å²) in [6.45, 7) is -0.719. The van der Waals surface area contributed by atoms with Crippen molar-refractivity contribution in [2.75, 3.05) is 13.2 Å². The Hall–Kier alpha value is -1.24. The fourth-order valence-electron chi connectivity index (χ4n) is 2.18. The maximum absolute atomic E-state index is 11.8. The lowest BCUT2D eigenvalue weighted by molar-refractivity contribution is -0.143. The summed E-state index contributed by atoms with van der Waals surface area (Å²) < 4.78 is 28.1. The van der Waals surface area contributed by atoms with Gasteiger partial charge in [0.1, 0.15) is 6.61 Å². The molecule has 1 amide bonds. The van der Waals surface area contributed by atoms with Crippen LogP contribution in [0.15, 0.2) is 0 Å². The summed E-state index contributed by atoms with van der Waals surface area (Å²) in [6.07, 6.45) is 0.0776. The molecule has 0 aromatic rings. The first-order valence-corrected chi connectivity index (χ1v) is 6.37. The first-order chi connectivity index (χ1) is 8.99. The molecule has 5 nitrogen and oxygen atoms in total. The molecule has 7 heteroatoms. The van der Waals surface area contributed by atoms with E-state index in [9.17, 15) is 18.4 Å². The molecule has 0 bridgehead atoms. The predicted octanol–water partition coefficient (Wildman–Crippen LogP) is 1.42. The van der Waals surface area contributed by atoms with Crippen molar-refractivity contribution >= 4 is 11.9 Å². The van der Waals surface area contributed by atoms with E-state index >= 15 is 0 Å². The topological polar surface area (TPSA) is 75.6 Å². The van der Waals surface area contributed by atoms with Crippen molar-refractivity contribution in [3.63, 3.8) is 0 Å². The third kappa shape index (κ3) is 6.47. The number of hydrogen-bond donors (Lipinski definition) is 2. The smallest absolute Gasteiger partial charge is 0.306 e. The second-order valence-electron chi connectivity index (χ2n) is 4.68. The SMILES string of the molecule is O=C(CCOCC(F)F)NC1CCCC(C(=O)O)C1. The molecule has 0 radical (unpaired) electrons. The number of carbonyl (C=O) groups excluding carboxylic acids is 1. The molecule has 2 unspecified atom stereocenters. The molecule has 0 heterocycles. The molecule has 2 atom stereocenters. The zero-order chi connectivity index (χ0) is 14.3. The van der Waals surface area contributed by atoms with E-state index in [-0.39, 0.29) is 25.0 Å². The van der Waals surface area contributed by atoms with Gasteiger partial charge in [0.2, 0.25) is 5.91 Å². The van der Waals surface area contributed by atoms with E-state index in [2.05, 4.69) is 10.1 Å². The average molecular weight is 279 g/mol. The Morgan fingerprint density at radius 3 is 2.74 bits per heavy atom. The van der Waals surface area contributed by atoms with Gasteiger partial charge in [0, 0.05) is 12.5 Å². The van der Waals surface area contributed by atoms with Crippen molar-refractivity contribution in [1.82, 2.24) is 5.32 Å². The number of rotatable bonds is 7. The van der Waals surface area contributed by atoms with Crippen molar-refractivity contribution in [3.8, 4) is 0 Å². The van der Waals surface area contributed by atoms with Crippen LogP contribution in [0.2, 0.25) is 0 Å². The molecule has 1 saturated carbocycles. The van der Waals surface area contributed by atoms with E-state index in [1.807, 2.05) is 0 Å². The summed E-state index contributed by atoms with van der Waals surface area (Å²) in [5.41, 5.74) is 0. The molecule has 19 heavy (non-hydrogen) atoms. The molecular formula is C12H19F2NO4. The van der Waals surface area contributed by atoms with Gasteiger partial charge in [0.05, 0.1) is 12.5 Å². The molecule has 0 aromatic carbocycles. The van der Waals surface area contributed by atoms with Crippen LogP contribution in [0.1, 0.15) is 32.1 Å². The maximum Gasteiger partial charge on any atom is 0.306 e. The van der Waals surface area contributed by atoms with Gasteiger partial charge in [-0.3, -0.25) is 9.59 Å². The van der Waals surface area contributed by atoms with Gasteiger partial charge in [-0.1, -0.05) is 6.42 Å². The number of carbonyl (C=O) groups is 2. The zero-order valence-corrected chi connectivity index (χ0v) is 10.6. The number of hydrogen-bond acceptors (Lipinski definition) is 3. The highest BCUT2D eigenvalue weighted by molar-refractivity contribution is 5.76. The number of carboxylic acid groups (broad SMARTS) is 1. The van der Waals surface area contributed by atoms with Crippen LogP contribution < -0.4 is 5.32 Å². The quantitative estimate of drug-likeness (QED) is 0.691. The van der Waals surface area contributed by atoms with Gasteiger partial charge in [-0.05, 0) is 19.3 Å². The first-order valence-electron chi connectivity index (χ1n) is 6.37. The Morgan fingerprint density at radius 1 is 1.37 bits per heavy atom. The summed E-state index contributed by atoms with van der Waals surface area (Å²) in [7, 11) is 0. The lowest BCUT2D eigenvalue weighted by atomic mass is 9.86. The van der Waals surface area contributed by atoms with Crippen molar-refractivity contribution < 1.29 is 28.2 Å². The fourth-order valence-corrected chi connectivity index (χ4v) is 2.18. The van der Waals surface area contributed by atoms with Gasteiger partial charge in [-0.15, -0.1) is 0 Å². The molecule has 1 aliphatic carbocycles. The van der Waals surface area contributed by atoms with Crippen LogP contribution in [-0.4, -0.2) is 42.7 Å². The molecule has 2 N–H and O–H groups in total. The fraction of sp³-hybridized carbons (Fsp3) is 0.833. The van der Waals surface area contributed by atoms with Crippen LogP contribution in [0.4, 0.5) is 8.78 Å². The molecule has 1 aliphatic rings. The lowest BCUT2D eigenvalue weighted by Crippen LogP contribution is -2.40. The van der Waals surface area contributed by atoms with Gasteiger partial charge in [-0.2, -0.15) is 0 Å². The second-order valence-corrected chi connectivity index (χ2v) is 4.68. The Balaban J connectivity index is 2.19. The van der Waals surface area contributed by atoms with E-state index in [4.69, 9.17) is 5.11 Å². The molecule has 0 aliphatic heterocycles. The van der Waals surface area contributed by atoms with Crippen molar-refractivity contribution in [2.24, 2.45) is 5.92 Å². The Kier molecular flexibility index (Phi) is 6.69. The number of nitrogens with one attached hydrogen (secondary N) is 1. The number of ether oxygens (including phenoxy) is 1. The lowest BCUT2D eigenvalue weighted by Gasteiger charge is -2.27. The van der Waals surface area contributed by atoms with Gasteiger partial charge < -0.3 is 15.2 Å². The summed E-state index contributed by atoms with van der Waals surface area (Å²) in [5, 5.41) is 11.6. The highest BCUT2D eigenvalue weighted by Crippen LogP contribution is 2.24. The largest absolute Gasteiger partial charge is 0.481 e. The van der Waals surface area contributed by atoms with Gasteiger partial charge >= 0.3 is 5.97 Å². The van der Waals surface area contributed by atoms with Crippen LogP contribution in [0.25, 0.3) is 0 Å². The maximum atomic E-state index is 11.8. The van der Waals surface area contributed by atoms with Crippen LogP contribution >= 0.6 is 0 Å². The average Bonchev–Trinajstić information content (AvgIpc) is 2.34. The second kappa shape index (κ2) is 8.04. The number of halogens is 2. The third-order valence-electron chi connectivity index (χ3n) is 3.11. The highest BCUT2D eigenvalue weighted by atomic mass is 19.3. The predicted molar refractivity (Wildman–Crippen MR) is 63.0 cm³/mol. The van der Waals surface area contributed by atoms with Crippen LogP contribution in [0.5, 0.6) is 0 Å². The van der Waals surface area contributed by atoms with Gasteiger partial charge in [0.25, 0.3) is 6.43 Å². The normalized spacial score (nSPS) is 23.3. The van der Waals surface area contributed by atoms with Gasteiger partial charge in [-0.25, -0.2) is 8.78 Å². The minimum Gasteiger partial charge on any atom is -0.481 e. The minimum atomic E-state index is -2.53. The Labute approximate surface area is 110 Å². The molecule has 0 aromatic heterocycles. The van der Waals surface area contributed by atoms with E-state index in [1.165, 1.54) is 0 Å². The first kappa shape index (κ1) is 15.8. The monoisotopic (exact) mass is 279 g/mol. The van der Waals surface area contributed by atoms with E-state index in [0.717, 1.165) is 12.8 Å². The molecular weight excluding hydrogens is 260 g/mol. The summed E-state index contributed by atoms with van der Waals surface area (Å²) in [4.78, 5) is 22.4. The Morgan fingerprint density at radius 2 is 2.11 bits per heavy atom. The standard InChI is InChI=1S/C12H19F2NO4/c13-10(14)7-19-5-4-11(16)15-9-3-1-2-8(6-9)12(17)18/h8-10H,1-7H2,(H,15,16)(H,17,18). The summed E-state index contributed by atoms with van der Waals surface area (Å²) in [5.74, 6) is -1.53. The van der Waals surface area contributed by atoms with Crippen molar-refractivity contribution in [3.05, 3.63) is 0 Å². The van der Waals surface area contributed by atoms with Crippen LogP contribution in [0, 0.1) is 5.92 Å². The molecule has 110 valence electrons. The summed E-state index contributed by atoms with van der Waals surface area (Å²) in [6, 6.07) is -0.141. The number of carboxylic acids is 1. The molecule has 1 fully saturated rings. The van der Waals surface area contributed by atoms with Crippen LogP contribution in [-0.2, 0) is 14.3 Å². The molecule has 1 rings (SSSR count). The number of amides is 1.